The molecule has 1 aromatic rings. The molecular weight excluding hydrogens is 166 g/mol. The van der Waals surface area contributed by atoms with Gasteiger partial charge in [-0.2, -0.15) is 0 Å². The Morgan fingerprint density at radius 1 is 0.700 bits per heavy atom. The van der Waals surface area contributed by atoms with E-state index in [0.717, 1.165) is 0 Å². The molecule has 3 N–H and O–H groups in total. The van der Waals surface area contributed by atoms with Gasteiger partial charge in [0.25, 0.3) is 0 Å². The van der Waals surface area contributed by atoms with Gasteiger partial charge in [0.05, 0.1) is 0 Å². The van der Waals surface area contributed by atoms with Gasteiger partial charge in [0.2, 0.25) is 0 Å². The van der Waals surface area contributed by atoms with E-state index in [1.807, 2.05) is 0 Å². The quantitative estimate of drug-likeness (QED) is 0.370. The number of H-pyrrole nitrogens is 3. The van der Waals surface area contributed by atoms with Crippen LogP contribution in [-0.2, 0) is 0 Å². The van der Waals surface area contributed by atoms with E-state index in [1.54, 1.807) is 15.0 Å². The zero-order valence-electron chi connectivity index (χ0n) is 4.93. The van der Waals surface area contributed by atoms with E-state index < -0.39 is 17.1 Å². The Morgan fingerprint density at radius 2 is 0.900 bits per heavy atom. The van der Waals surface area contributed by atoms with E-state index in [2.05, 4.69) is 0 Å². The van der Waals surface area contributed by atoms with Crippen molar-refractivity contribution in [1.29, 1.82) is 0 Å². The molecule has 0 aliphatic rings. The van der Waals surface area contributed by atoms with Gasteiger partial charge in [-0.15, -0.1) is 0 Å². The van der Waals surface area contributed by atoms with Crippen molar-refractivity contribution in [3.05, 3.63) is 31.5 Å². The maximum atomic E-state index is 10.2. The molecule has 0 atom stereocenters. The fourth-order valence-electron chi connectivity index (χ4n) is 0.403. The normalized spacial score (nSPS) is 8.40. The van der Waals surface area contributed by atoms with Crippen molar-refractivity contribution < 1.29 is 0 Å². The van der Waals surface area contributed by atoms with Crippen LogP contribution in [-0.4, -0.2) is 52.7 Å². The zero-order chi connectivity index (χ0) is 6.85. The van der Waals surface area contributed by atoms with Crippen molar-refractivity contribution in [3.8, 4) is 0 Å². The minimum absolute atomic E-state index is 0. The first-order valence-corrected chi connectivity index (χ1v) is 2.11. The third-order valence-electron chi connectivity index (χ3n) is 0.681. The fraction of sp³-hybridized carbons (Fsp3) is 0. The van der Waals surface area contributed by atoms with Crippen molar-refractivity contribution in [1.82, 2.24) is 15.0 Å². The van der Waals surface area contributed by atoms with Crippen molar-refractivity contribution in [2.24, 2.45) is 0 Å². The average Bonchev–Trinajstić information content (AvgIpc) is 1.59. The molecule has 0 unspecified atom stereocenters. The molecule has 1 rings (SSSR count). The third kappa shape index (κ3) is 2.51. The first-order valence-electron chi connectivity index (χ1n) is 2.11. The van der Waals surface area contributed by atoms with E-state index in [-0.39, 0.29) is 37.7 Å². The summed E-state index contributed by atoms with van der Waals surface area (Å²) in [5, 5.41) is 0. The van der Waals surface area contributed by atoms with Crippen LogP contribution >= 0.6 is 0 Å². The van der Waals surface area contributed by atoms with Crippen LogP contribution in [0.2, 0.25) is 0 Å². The molecule has 50 valence electrons. The molecule has 0 saturated heterocycles. The molecule has 1 aromatic heterocycles. The summed E-state index contributed by atoms with van der Waals surface area (Å²) in [5.74, 6) is 0. The second-order valence-corrected chi connectivity index (χ2v) is 1.36. The number of aromatic nitrogens is 3. The summed E-state index contributed by atoms with van der Waals surface area (Å²) in [4.78, 5) is 35.9. The standard InChI is InChI=1S/C3H3N3O3.Ca/c7-1-4-2(8)6-3(9)5-1;/h(H3,4,5,6,7,8,9);. The molecular formula is C3H3CaN3O3. The fourth-order valence-corrected chi connectivity index (χ4v) is 0.403. The summed E-state index contributed by atoms with van der Waals surface area (Å²) in [6, 6.07) is 0. The predicted molar refractivity (Wildman–Crippen MR) is 34.1 cm³/mol. The second-order valence-electron chi connectivity index (χ2n) is 1.36. The van der Waals surface area contributed by atoms with Crippen LogP contribution in [0.4, 0.5) is 0 Å². The summed E-state index contributed by atoms with van der Waals surface area (Å²) in [6.45, 7) is 0. The van der Waals surface area contributed by atoms with Gasteiger partial charge < -0.3 is 0 Å². The van der Waals surface area contributed by atoms with Crippen LogP contribution in [0, 0.1) is 0 Å². The van der Waals surface area contributed by atoms with Gasteiger partial charge in [-0.25, -0.2) is 14.4 Å². The topological polar surface area (TPSA) is 98.6 Å². The molecule has 6 nitrogen and oxygen atoms in total. The van der Waals surface area contributed by atoms with E-state index in [1.165, 1.54) is 0 Å². The molecule has 10 heavy (non-hydrogen) atoms. The number of aromatic amines is 3. The maximum absolute atomic E-state index is 10.2. The predicted octanol–water partition coefficient (Wildman–Crippen LogP) is -2.63. The summed E-state index contributed by atoms with van der Waals surface area (Å²) in [6.07, 6.45) is 0. The second kappa shape index (κ2) is 3.74. The Hall–Kier alpha value is -0.330. The molecule has 0 amide bonds. The Kier molecular flexibility index (Phi) is 3.62. The summed E-state index contributed by atoms with van der Waals surface area (Å²) < 4.78 is 0. The molecule has 0 saturated carbocycles. The molecule has 1 heterocycles. The number of hydrogen-bond acceptors (Lipinski definition) is 3. The monoisotopic (exact) mass is 169 g/mol. The largest absolute Gasteiger partial charge is 0.330 e. The first-order chi connectivity index (χ1) is 4.18. The Labute approximate surface area is 83.7 Å². The zero-order valence-corrected chi connectivity index (χ0v) is 7.14. The number of nitrogens with one attached hydrogen (secondary N) is 3. The molecule has 0 bridgehead atoms. The number of rotatable bonds is 0. The molecule has 0 aliphatic carbocycles. The average molecular weight is 169 g/mol. The van der Waals surface area contributed by atoms with Crippen molar-refractivity contribution in [2.75, 3.05) is 0 Å². The minimum Gasteiger partial charge on any atom is -0.259 e. The van der Waals surface area contributed by atoms with Crippen LogP contribution < -0.4 is 17.1 Å². The van der Waals surface area contributed by atoms with Crippen LogP contribution in [0.1, 0.15) is 0 Å². The molecule has 0 aromatic carbocycles. The van der Waals surface area contributed by atoms with E-state index >= 15 is 0 Å². The van der Waals surface area contributed by atoms with Crippen LogP contribution in [0.15, 0.2) is 14.4 Å². The molecule has 7 heteroatoms. The van der Waals surface area contributed by atoms with Crippen LogP contribution in [0.25, 0.3) is 0 Å². The summed E-state index contributed by atoms with van der Waals surface area (Å²) >= 11 is 0. The Bertz CT molecular complexity index is 281. The van der Waals surface area contributed by atoms with Gasteiger partial charge in [0.1, 0.15) is 0 Å². The van der Waals surface area contributed by atoms with Gasteiger partial charge in [-0.3, -0.25) is 15.0 Å². The summed E-state index contributed by atoms with van der Waals surface area (Å²) in [7, 11) is 0. The van der Waals surface area contributed by atoms with Crippen LogP contribution in [0.3, 0.4) is 0 Å². The van der Waals surface area contributed by atoms with Gasteiger partial charge in [0, 0.05) is 37.7 Å². The van der Waals surface area contributed by atoms with Crippen molar-refractivity contribution in [2.45, 2.75) is 0 Å². The Morgan fingerprint density at radius 3 is 1.10 bits per heavy atom. The van der Waals surface area contributed by atoms with Gasteiger partial charge in [-0.05, 0) is 0 Å². The van der Waals surface area contributed by atoms with Gasteiger partial charge in [0.15, 0.2) is 0 Å². The third-order valence-corrected chi connectivity index (χ3v) is 0.681. The first kappa shape index (κ1) is 9.67. The molecule has 0 aliphatic heterocycles. The molecule has 0 fully saturated rings. The van der Waals surface area contributed by atoms with Gasteiger partial charge in [-0.1, -0.05) is 0 Å². The Balaban J connectivity index is 0.000000810. The summed E-state index contributed by atoms with van der Waals surface area (Å²) in [5.41, 5.74) is -2.41. The molecule has 0 spiro atoms. The number of hydrogen-bond donors (Lipinski definition) is 3. The van der Waals surface area contributed by atoms with E-state index in [4.69, 9.17) is 0 Å². The van der Waals surface area contributed by atoms with E-state index in [0.29, 0.717) is 0 Å². The SMILES string of the molecule is O=c1[nH]c(=O)[nH]c(=O)[nH]1.[Ca]. The van der Waals surface area contributed by atoms with Crippen LogP contribution in [0.5, 0.6) is 0 Å². The smallest absolute Gasteiger partial charge is 0.259 e. The van der Waals surface area contributed by atoms with E-state index in [9.17, 15) is 14.4 Å². The van der Waals surface area contributed by atoms with Crippen molar-refractivity contribution in [3.63, 3.8) is 0 Å². The van der Waals surface area contributed by atoms with Gasteiger partial charge >= 0.3 is 17.1 Å². The molecule has 2 radical (unpaired) electrons. The minimum atomic E-state index is -0.802. The van der Waals surface area contributed by atoms with Crippen molar-refractivity contribution >= 4 is 37.7 Å². The maximum Gasteiger partial charge on any atom is 0.330 e.